The minimum atomic E-state index is -0.790. The van der Waals surface area contributed by atoms with Crippen molar-refractivity contribution in [1.82, 2.24) is 0 Å². The quantitative estimate of drug-likeness (QED) is 0.539. The van der Waals surface area contributed by atoms with Crippen molar-refractivity contribution in [1.29, 1.82) is 0 Å². The van der Waals surface area contributed by atoms with Gasteiger partial charge in [-0.2, -0.15) is 0 Å². The van der Waals surface area contributed by atoms with Gasteiger partial charge in [0.1, 0.15) is 0 Å². The van der Waals surface area contributed by atoms with E-state index in [1.165, 1.54) is 0 Å². The van der Waals surface area contributed by atoms with Gasteiger partial charge in [0.05, 0.1) is 5.60 Å². The molecule has 12 heavy (non-hydrogen) atoms. The highest BCUT2D eigenvalue weighted by atomic mass is 16.3. The molecule has 1 heteroatoms. The van der Waals surface area contributed by atoms with Crippen LogP contribution in [0.25, 0.3) is 0 Å². The van der Waals surface area contributed by atoms with Crippen LogP contribution in [-0.2, 0) is 0 Å². The summed E-state index contributed by atoms with van der Waals surface area (Å²) in [6.07, 6.45) is 9.04. The topological polar surface area (TPSA) is 20.2 Å². The zero-order valence-corrected chi connectivity index (χ0v) is 7.76. The van der Waals surface area contributed by atoms with E-state index in [1.54, 1.807) is 13.0 Å². The molecule has 0 amide bonds. The molecule has 0 aromatic heterocycles. The van der Waals surface area contributed by atoms with Crippen LogP contribution in [0.5, 0.6) is 0 Å². The molecule has 64 valence electrons. The van der Waals surface area contributed by atoms with E-state index in [0.29, 0.717) is 0 Å². The van der Waals surface area contributed by atoms with Crippen LogP contribution in [0.1, 0.15) is 20.8 Å². The average molecular weight is 162 g/mol. The average Bonchev–Trinajstić information content (AvgIpc) is 2.00. The normalized spacial score (nSPS) is 35.1. The highest BCUT2D eigenvalue weighted by molar-refractivity contribution is 5.43. The Morgan fingerprint density at radius 3 is 2.67 bits per heavy atom. The maximum atomic E-state index is 9.85. The van der Waals surface area contributed by atoms with Crippen molar-refractivity contribution in [3.05, 3.63) is 23.3 Å². The van der Waals surface area contributed by atoms with Gasteiger partial charge in [0.15, 0.2) is 0 Å². The molecule has 0 saturated heterocycles. The van der Waals surface area contributed by atoms with E-state index in [9.17, 15) is 5.11 Å². The van der Waals surface area contributed by atoms with Gasteiger partial charge < -0.3 is 5.11 Å². The Balaban J connectivity index is 3.12. The predicted molar refractivity (Wildman–Crippen MR) is 50.5 cm³/mol. The highest BCUT2D eigenvalue weighted by Crippen LogP contribution is 2.31. The second-order valence-corrected chi connectivity index (χ2v) is 3.52. The highest BCUT2D eigenvalue weighted by Gasteiger charge is 2.30. The zero-order valence-electron chi connectivity index (χ0n) is 7.76. The maximum Gasteiger partial charge on any atom is 0.0874 e. The van der Waals surface area contributed by atoms with Crippen molar-refractivity contribution < 1.29 is 5.11 Å². The van der Waals surface area contributed by atoms with Crippen molar-refractivity contribution in [2.24, 2.45) is 5.92 Å². The van der Waals surface area contributed by atoms with Crippen molar-refractivity contribution in [3.63, 3.8) is 0 Å². The lowest BCUT2D eigenvalue weighted by atomic mass is 9.79. The Morgan fingerprint density at radius 1 is 1.67 bits per heavy atom. The predicted octanol–water partition coefficient (Wildman–Crippen LogP) is 1.89. The van der Waals surface area contributed by atoms with E-state index < -0.39 is 5.60 Å². The molecular weight excluding hydrogens is 148 g/mol. The van der Waals surface area contributed by atoms with Crippen LogP contribution in [0.2, 0.25) is 0 Å². The smallest absolute Gasteiger partial charge is 0.0874 e. The fraction of sp³-hybridized carbons (Fsp3) is 0.455. The molecule has 1 rings (SSSR count). The number of terminal acetylenes is 1. The number of hydrogen-bond donors (Lipinski definition) is 1. The SMILES string of the molecule is C#CC1=C(C)C=CC(C)(O)C1C. The third-order valence-electron chi connectivity index (χ3n) is 2.56. The molecule has 0 aromatic rings. The van der Waals surface area contributed by atoms with Crippen molar-refractivity contribution in [2.75, 3.05) is 0 Å². The fourth-order valence-corrected chi connectivity index (χ4v) is 1.40. The molecule has 0 fully saturated rings. The first-order chi connectivity index (χ1) is 5.49. The first-order valence-electron chi connectivity index (χ1n) is 4.08. The maximum absolute atomic E-state index is 9.85. The van der Waals surface area contributed by atoms with Gasteiger partial charge in [-0.05, 0) is 19.4 Å². The summed E-state index contributed by atoms with van der Waals surface area (Å²) in [7, 11) is 0. The Hall–Kier alpha value is -1.00. The Bertz CT molecular complexity index is 287. The third kappa shape index (κ3) is 1.31. The molecule has 1 aliphatic rings. The van der Waals surface area contributed by atoms with E-state index in [2.05, 4.69) is 5.92 Å². The number of rotatable bonds is 0. The van der Waals surface area contributed by atoms with Gasteiger partial charge in [-0.15, -0.1) is 6.42 Å². The summed E-state index contributed by atoms with van der Waals surface area (Å²) in [5, 5.41) is 9.85. The van der Waals surface area contributed by atoms with E-state index >= 15 is 0 Å². The summed E-state index contributed by atoms with van der Waals surface area (Å²) in [4.78, 5) is 0. The van der Waals surface area contributed by atoms with Crippen LogP contribution in [0, 0.1) is 18.3 Å². The van der Waals surface area contributed by atoms with Crippen LogP contribution in [-0.4, -0.2) is 10.7 Å². The van der Waals surface area contributed by atoms with Crippen molar-refractivity contribution in [3.8, 4) is 12.3 Å². The summed E-state index contributed by atoms with van der Waals surface area (Å²) in [6.45, 7) is 5.69. The van der Waals surface area contributed by atoms with Gasteiger partial charge in [-0.25, -0.2) is 0 Å². The first kappa shape index (κ1) is 9.09. The molecule has 0 aromatic carbocycles. The van der Waals surface area contributed by atoms with E-state index in [0.717, 1.165) is 11.1 Å². The molecule has 0 spiro atoms. The fourth-order valence-electron chi connectivity index (χ4n) is 1.40. The van der Waals surface area contributed by atoms with Gasteiger partial charge in [-0.1, -0.05) is 25.0 Å². The van der Waals surface area contributed by atoms with E-state index in [-0.39, 0.29) is 5.92 Å². The minimum absolute atomic E-state index is 0.0208. The molecule has 0 saturated carbocycles. The second kappa shape index (κ2) is 2.80. The number of hydrogen-bond acceptors (Lipinski definition) is 1. The monoisotopic (exact) mass is 162 g/mol. The number of allylic oxidation sites excluding steroid dienone is 2. The van der Waals surface area contributed by atoms with Gasteiger partial charge >= 0.3 is 0 Å². The molecule has 0 radical (unpaired) electrons. The largest absolute Gasteiger partial charge is 0.385 e. The van der Waals surface area contributed by atoms with Gasteiger partial charge in [-0.3, -0.25) is 0 Å². The Morgan fingerprint density at radius 2 is 2.25 bits per heavy atom. The first-order valence-corrected chi connectivity index (χ1v) is 4.08. The standard InChI is InChI=1S/C11H14O/c1-5-10-8(2)6-7-11(4,12)9(10)3/h1,6-7,9,12H,2-4H3. The Labute approximate surface area is 73.8 Å². The van der Waals surface area contributed by atoms with Crippen molar-refractivity contribution >= 4 is 0 Å². The zero-order chi connectivity index (χ0) is 9.35. The number of aliphatic hydroxyl groups is 1. The lowest BCUT2D eigenvalue weighted by Gasteiger charge is -2.31. The van der Waals surface area contributed by atoms with Crippen LogP contribution in [0.15, 0.2) is 23.3 Å². The lowest BCUT2D eigenvalue weighted by molar-refractivity contribution is 0.0694. The molecule has 1 N–H and O–H groups in total. The molecule has 1 nitrogen and oxygen atoms in total. The van der Waals surface area contributed by atoms with Crippen LogP contribution in [0.3, 0.4) is 0 Å². The summed E-state index contributed by atoms with van der Waals surface area (Å²) in [5.74, 6) is 2.65. The molecular formula is C11H14O. The van der Waals surface area contributed by atoms with Gasteiger partial charge in [0, 0.05) is 11.5 Å². The van der Waals surface area contributed by atoms with Crippen LogP contribution >= 0.6 is 0 Å². The van der Waals surface area contributed by atoms with E-state index in [1.807, 2.05) is 19.9 Å². The Kier molecular flexibility index (Phi) is 2.12. The summed E-state index contributed by atoms with van der Waals surface area (Å²) in [6, 6.07) is 0. The summed E-state index contributed by atoms with van der Waals surface area (Å²) < 4.78 is 0. The third-order valence-corrected chi connectivity index (χ3v) is 2.56. The van der Waals surface area contributed by atoms with Gasteiger partial charge in [0.25, 0.3) is 0 Å². The van der Waals surface area contributed by atoms with Crippen LogP contribution in [0.4, 0.5) is 0 Å². The van der Waals surface area contributed by atoms with Crippen LogP contribution < -0.4 is 0 Å². The minimum Gasteiger partial charge on any atom is -0.385 e. The van der Waals surface area contributed by atoms with Crippen molar-refractivity contribution in [2.45, 2.75) is 26.4 Å². The second-order valence-electron chi connectivity index (χ2n) is 3.52. The molecule has 0 bridgehead atoms. The lowest BCUT2D eigenvalue weighted by Crippen LogP contribution is -2.33. The molecule has 1 aliphatic carbocycles. The molecule has 0 heterocycles. The molecule has 0 aliphatic heterocycles. The summed E-state index contributed by atoms with van der Waals surface area (Å²) in [5.41, 5.74) is 1.19. The van der Waals surface area contributed by atoms with Gasteiger partial charge in [0.2, 0.25) is 0 Å². The summed E-state index contributed by atoms with van der Waals surface area (Å²) >= 11 is 0. The molecule has 2 unspecified atom stereocenters. The molecule has 2 atom stereocenters. The van der Waals surface area contributed by atoms with E-state index in [4.69, 9.17) is 6.42 Å².